The Labute approximate surface area is 149 Å². The van der Waals surface area contributed by atoms with Crippen molar-refractivity contribution in [1.29, 1.82) is 0 Å². The Bertz CT molecular complexity index is 721. The number of likely N-dealkylation sites (tertiary alicyclic amines) is 1. The topological polar surface area (TPSA) is 47.4 Å². The highest BCUT2D eigenvalue weighted by molar-refractivity contribution is 5.92. The number of hydrogen-bond acceptors (Lipinski definition) is 3. The number of carbonyl (C=O) groups is 1. The zero-order chi connectivity index (χ0) is 17.8. The molecule has 1 aromatic carbocycles. The van der Waals surface area contributed by atoms with Gasteiger partial charge in [-0.2, -0.15) is 5.10 Å². The molecule has 2 aromatic rings. The summed E-state index contributed by atoms with van der Waals surface area (Å²) in [7, 11) is 1.70. The van der Waals surface area contributed by atoms with E-state index in [0.717, 1.165) is 38.1 Å². The van der Waals surface area contributed by atoms with Gasteiger partial charge < -0.3 is 9.64 Å². The van der Waals surface area contributed by atoms with Crippen molar-refractivity contribution in [2.75, 3.05) is 20.2 Å². The van der Waals surface area contributed by atoms with Crippen LogP contribution in [0.15, 0.2) is 36.5 Å². The van der Waals surface area contributed by atoms with Crippen LogP contribution in [-0.2, 0) is 0 Å². The first-order chi connectivity index (χ1) is 12.2. The molecule has 0 unspecified atom stereocenters. The van der Waals surface area contributed by atoms with Crippen molar-refractivity contribution in [3.63, 3.8) is 0 Å². The Kier molecular flexibility index (Phi) is 5.41. The van der Waals surface area contributed by atoms with E-state index in [2.05, 4.69) is 25.0 Å². The number of rotatable bonds is 6. The molecule has 3 rings (SSSR count). The second-order valence-corrected chi connectivity index (χ2v) is 6.63. The van der Waals surface area contributed by atoms with Crippen molar-refractivity contribution >= 4 is 5.91 Å². The van der Waals surface area contributed by atoms with E-state index in [-0.39, 0.29) is 5.91 Å². The summed E-state index contributed by atoms with van der Waals surface area (Å²) in [4.78, 5) is 14.7. The van der Waals surface area contributed by atoms with E-state index in [9.17, 15) is 4.79 Å². The van der Waals surface area contributed by atoms with Crippen LogP contribution in [-0.4, -0.2) is 40.8 Å². The lowest BCUT2D eigenvalue weighted by atomic mass is 9.97. The molecular weight excluding hydrogens is 314 g/mol. The molecule has 1 saturated heterocycles. The largest absolute Gasteiger partial charge is 0.496 e. The number of carbonyl (C=O) groups excluding carboxylic acids is 1. The van der Waals surface area contributed by atoms with Gasteiger partial charge >= 0.3 is 0 Å². The number of benzene rings is 1. The number of hydrogen-bond donors (Lipinski definition) is 0. The van der Waals surface area contributed by atoms with E-state index in [1.54, 1.807) is 7.11 Å². The van der Waals surface area contributed by atoms with Crippen LogP contribution in [0.3, 0.4) is 0 Å². The zero-order valence-electron chi connectivity index (χ0n) is 15.3. The van der Waals surface area contributed by atoms with Gasteiger partial charge in [0.05, 0.1) is 13.2 Å². The summed E-state index contributed by atoms with van der Waals surface area (Å²) in [5.74, 6) is 1.25. The lowest BCUT2D eigenvalue weighted by Gasteiger charge is -2.17. The maximum absolute atomic E-state index is 12.8. The summed E-state index contributed by atoms with van der Waals surface area (Å²) in [6.45, 7) is 5.78. The third kappa shape index (κ3) is 3.55. The minimum Gasteiger partial charge on any atom is -0.496 e. The number of aromatic nitrogens is 2. The average molecular weight is 341 g/mol. The molecule has 5 heteroatoms. The molecule has 0 radical (unpaired) electrons. The molecule has 1 aliphatic heterocycles. The molecule has 0 N–H and O–H groups in total. The van der Waals surface area contributed by atoms with Gasteiger partial charge in [-0.1, -0.05) is 32.0 Å². The molecule has 0 saturated carbocycles. The van der Waals surface area contributed by atoms with Crippen molar-refractivity contribution in [2.24, 2.45) is 0 Å². The van der Waals surface area contributed by atoms with Gasteiger partial charge in [0.2, 0.25) is 0 Å². The van der Waals surface area contributed by atoms with E-state index in [4.69, 9.17) is 4.74 Å². The third-order valence-electron chi connectivity index (χ3n) is 5.20. The molecule has 1 fully saturated rings. The molecule has 134 valence electrons. The number of nitrogens with zero attached hydrogens (tertiary/aromatic N) is 3. The maximum atomic E-state index is 12.8. The van der Waals surface area contributed by atoms with Crippen molar-refractivity contribution in [3.05, 3.63) is 47.8 Å². The Morgan fingerprint density at radius 2 is 2.04 bits per heavy atom. The van der Waals surface area contributed by atoms with Crippen molar-refractivity contribution in [1.82, 2.24) is 14.7 Å². The molecule has 1 atom stereocenters. The van der Waals surface area contributed by atoms with E-state index in [0.29, 0.717) is 17.7 Å². The Hall–Kier alpha value is -2.30. The van der Waals surface area contributed by atoms with Gasteiger partial charge in [0.1, 0.15) is 11.4 Å². The maximum Gasteiger partial charge on any atom is 0.274 e. The summed E-state index contributed by atoms with van der Waals surface area (Å²) in [5.41, 5.74) is 1.73. The number of amides is 1. The standard InChI is InChI=1S/C20H27N3O2/c1-4-16(5-2)23-13-11-18(21-23)20(24)22-12-10-15(14-22)17-8-6-7-9-19(17)25-3/h6-9,11,13,15-16H,4-5,10,12,14H2,1-3H3/t15-/m1/s1. The lowest BCUT2D eigenvalue weighted by molar-refractivity contribution is 0.0783. The van der Waals surface area contributed by atoms with E-state index >= 15 is 0 Å². The minimum atomic E-state index is 0.0297. The molecule has 0 aliphatic carbocycles. The fourth-order valence-corrected chi connectivity index (χ4v) is 3.68. The summed E-state index contributed by atoms with van der Waals surface area (Å²) in [6.07, 6.45) is 4.93. The molecule has 5 nitrogen and oxygen atoms in total. The van der Waals surface area contributed by atoms with Crippen LogP contribution < -0.4 is 4.74 Å². The molecule has 0 spiro atoms. The first kappa shape index (κ1) is 17.5. The van der Waals surface area contributed by atoms with Crippen LogP contribution in [0.2, 0.25) is 0 Å². The van der Waals surface area contributed by atoms with Crippen LogP contribution in [0.5, 0.6) is 5.75 Å². The molecule has 1 aromatic heterocycles. The first-order valence-corrected chi connectivity index (χ1v) is 9.15. The van der Waals surface area contributed by atoms with Crippen molar-refractivity contribution in [3.8, 4) is 5.75 Å². The van der Waals surface area contributed by atoms with Gasteiger partial charge in [-0.3, -0.25) is 9.48 Å². The van der Waals surface area contributed by atoms with Gasteiger partial charge in [-0.25, -0.2) is 0 Å². The fraction of sp³-hybridized carbons (Fsp3) is 0.500. The third-order valence-corrected chi connectivity index (χ3v) is 5.20. The lowest BCUT2D eigenvalue weighted by Crippen LogP contribution is -2.29. The van der Waals surface area contributed by atoms with Crippen LogP contribution in [0, 0.1) is 0 Å². The minimum absolute atomic E-state index is 0.0297. The van der Waals surface area contributed by atoms with Crippen LogP contribution >= 0.6 is 0 Å². The molecule has 0 bridgehead atoms. The van der Waals surface area contributed by atoms with Crippen LogP contribution in [0.25, 0.3) is 0 Å². The smallest absolute Gasteiger partial charge is 0.274 e. The summed E-state index contributed by atoms with van der Waals surface area (Å²) in [5, 5.41) is 4.53. The molecule has 2 heterocycles. The van der Waals surface area contributed by atoms with E-state index in [1.807, 2.05) is 40.0 Å². The second kappa shape index (κ2) is 7.72. The first-order valence-electron chi connectivity index (χ1n) is 9.15. The summed E-state index contributed by atoms with van der Waals surface area (Å²) < 4.78 is 7.40. The summed E-state index contributed by atoms with van der Waals surface area (Å²) >= 11 is 0. The van der Waals surface area contributed by atoms with Crippen LogP contribution in [0.1, 0.15) is 61.1 Å². The van der Waals surface area contributed by atoms with E-state index < -0.39 is 0 Å². The average Bonchev–Trinajstić information content (AvgIpc) is 3.32. The van der Waals surface area contributed by atoms with Gasteiger partial charge in [-0.15, -0.1) is 0 Å². The van der Waals surface area contributed by atoms with Gasteiger partial charge in [-0.05, 0) is 37.0 Å². The predicted octanol–water partition coefficient (Wildman–Crippen LogP) is 3.88. The Morgan fingerprint density at radius 3 is 2.76 bits per heavy atom. The Morgan fingerprint density at radius 1 is 1.28 bits per heavy atom. The normalized spacial score (nSPS) is 17.3. The molecule has 25 heavy (non-hydrogen) atoms. The number of ether oxygens (including phenoxy) is 1. The molecule has 1 aliphatic rings. The molecular formula is C20H27N3O2. The van der Waals surface area contributed by atoms with Crippen molar-refractivity contribution in [2.45, 2.75) is 45.1 Å². The number of para-hydroxylation sites is 1. The monoisotopic (exact) mass is 341 g/mol. The van der Waals surface area contributed by atoms with Crippen molar-refractivity contribution < 1.29 is 9.53 Å². The zero-order valence-corrected chi connectivity index (χ0v) is 15.3. The van der Waals surface area contributed by atoms with Gasteiger partial charge in [0.25, 0.3) is 5.91 Å². The van der Waals surface area contributed by atoms with E-state index in [1.165, 1.54) is 5.56 Å². The summed E-state index contributed by atoms with van der Waals surface area (Å²) in [6, 6.07) is 10.3. The highest BCUT2D eigenvalue weighted by Crippen LogP contribution is 2.33. The quantitative estimate of drug-likeness (QED) is 0.801. The second-order valence-electron chi connectivity index (χ2n) is 6.63. The SMILES string of the molecule is CCC(CC)n1ccc(C(=O)N2CC[C@@H](c3ccccc3OC)C2)n1. The number of methoxy groups -OCH3 is 1. The van der Waals surface area contributed by atoms with Crippen LogP contribution in [0.4, 0.5) is 0 Å². The fourth-order valence-electron chi connectivity index (χ4n) is 3.68. The van der Waals surface area contributed by atoms with Gasteiger partial charge in [0, 0.05) is 25.2 Å². The molecule has 1 amide bonds. The predicted molar refractivity (Wildman–Crippen MR) is 98.1 cm³/mol. The highest BCUT2D eigenvalue weighted by Gasteiger charge is 2.30. The Balaban J connectivity index is 1.71. The van der Waals surface area contributed by atoms with Gasteiger partial charge in [0.15, 0.2) is 0 Å². The highest BCUT2D eigenvalue weighted by atomic mass is 16.5.